The van der Waals surface area contributed by atoms with Crippen LogP contribution < -0.4 is 11.1 Å². The van der Waals surface area contributed by atoms with Crippen molar-refractivity contribution in [3.8, 4) is 0 Å². The Bertz CT molecular complexity index is 315. The second-order valence-electron chi connectivity index (χ2n) is 4.14. The van der Waals surface area contributed by atoms with Gasteiger partial charge in [-0.3, -0.25) is 0 Å². The number of methoxy groups -OCH3 is 1. The first-order valence-electron chi connectivity index (χ1n) is 5.32. The Morgan fingerprint density at radius 2 is 2.00 bits per heavy atom. The topological polar surface area (TPSA) is 47.3 Å². The fourth-order valence-electron chi connectivity index (χ4n) is 1.42. The first kappa shape index (κ1) is 12.9. The molecule has 0 bridgehead atoms. The molecule has 0 heterocycles. The van der Waals surface area contributed by atoms with Crippen LogP contribution in [0.3, 0.4) is 0 Å². The van der Waals surface area contributed by atoms with Crippen molar-refractivity contribution >= 4 is 5.69 Å². The molecule has 0 fully saturated rings. The molecular weight excluding hydrogens is 207 g/mol. The predicted molar refractivity (Wildman–Crippen MR) is 64.0 cm³/mol. The molecule has 0 aliphatic carbocycles. The van der Waals surface area contributed by atoms with Gasteiger partial charge in [0.05, 0.1) is 0 Å². The minimum atomic E-state index is -0.239. The Kier molecular flexibility index (Phi) is 4.71. The highest BCUT2D eigenvalue weighted by atomic mass is 19.1. The second-order valence-corrected chi connectivity index (χ2v) is 4.14. The van der Waals surface area contributed by atoms with E-state index in [0.29, 0.717) is 13.2 Å². The molecule has 1 unspecified atom stereocenters. The molecule has 0 spiro atoms. The maximum absolute atomic E-state index is 12.7. The van der Waals surface area contributed by atoms with Crippen molar-refractivity contribution in [3.63, 3.8) is 0 Å². The summed E-state index contributed by atoms with van der Waals surface area (Å²) in [6, 6.07) is 6.26. The summed E-state index contributed by atoms with van der Waals surface area (Å²) in [4.78, 5) is 0. The van der Waals surface area contributed by atoms with Gasteiger partial charge in [-0.1, -0.05) is 0 Å². The molecule has 1 aromatic carbocycles. The molecule has 3 N–H and O–H groups in total. The van der Waals surface area contributed by atoms with Crippen molar-refractivity contribution in [1.82, 2.24) is 0 Å². The number of ether oxygens (including phenoxy) is 1. The summed E-state index contributed by atoms with van der Waals surface area (Å²) in [7, 11) is 1.66. The third kappa shape index (κ3) is 3.79. The molecule has 0 radical (unpaired) electrons. The summed E-state index contributed by atoms with van der Waals surface area (Å²) in [5.41, 5.74) is 6.37. The van der Waals surface area contributed by atoms with Gasteiger partial charge in [0.15, 0.2) is 0 Å². The predicted octanol–water partition coefficient (Wildman–Crippen LogP) is 1.99. The van der Waals surface area contributed by atoms with Crippen LogP contribution >= 0.6 is 0 Å². The number of nitrogens with two attached hydrogens (primary N) is 1. The zero-order valence-electron chi connectivity index (χ0n) is 9.79. The van der Waals surface area contributed by atoms with Crippen LogP contribution in [-0.4, -0.2) is 25.8 Å². The highest BCUT2D eigenvalue weighted by Gasteiger charge is 2.21. The van der Waals surface area contributed by atoms with Gasteiger partial charge in [0.2, 0.25) is 0 Å². The highest BCUT2D eigenvalue weighted by molar-refractivity contribution is 5.45. The monoisotopic (exact) mass is 226 g/mol. The number of halogens is 1. The number of hydrogen-bond donors (Lipinski definition) is 2. The van der Waals surface area contributed by atoms with Gasteiger partial charge in [-0.05, 0) is 37.6 Å². The van der Waals surface area contributed by atoms with E-state index >= 15 is 0 Å². The van der Waals surface area contributed by atoms with E-state index in [0.717, 1.165) is 12.1 Å². The number of hydrogen-bond acceptors (Lipinski definition) is 3. The van der Waals surface area contributed by atoms with Crippen molar-refractivity contribution in [1.29, 1.82) is 0 Å². The zero-order valence-corrected chi connectivity index (χ0v) is 9.79. The van der Waals surface area contributed by atoms with Gasteiger partial charge in [0, 0.05) is 31.5 Å². The smallest absolute Gasteiger partial charge is 0.123 e. The number of rotatable bonds is 6. The SMILES string of the molecule is COCCC(C)(CN)Nc1ccc(F)cc1. The molecule has 0 aliphatic rings. The Balaban J connectivity index is 2.64. The zero-order chi connectivity index (χ0) is 12.0. The van der Waals surface area contributed by atoms with Crippen LogP contribution in [0.2, 0.25) is 0 Å². The molecule has 16 heavy (non-hydrogen) atoms. The molecule has 0 amide bonds. The van der Waals surface area contributed by atoms with Gasteiger partial charge in [-0.25, -0.2) is 4.39 Å². The van der Waals surface area contributed by atoms with E-state index in [9.17, 15) is 4.39 Å². The number of nitrogens with one attached hydrogen (secondary N) is 1. The average molecular weight is 226 g/mol. The van der Waals surface area contributed by atoms with Gasteiger partial charge in [-0.2, -0.15) is 0 Å². The normalized spacial score (nSPS) is 14.5. The van der Waals surface area contributed by atoms with Crippen molar-refractivity contribution in [2.75, 3.05) is 25.6 Å². The van der Waals surface area contributed by atoms with E-state index < -0.39 is 0 Å². The fraction of sp³-hybridized carbons (Fsp3) is 0.500. The highest BCUT2D eigenvalue weighted by Crippen LogP contribution is 2.18. The molecule has 0 aromatic heterocycles. The molecular formula is C12H19FN2O. The van der Waals surface area contributed by atoms with E-state index in [4.69, 9.17) is 10.5 Å². The van der Waals surface area contributed by atoms with Gasteiger partial charge in [-0.15, -0.1) is 0 Å². The Hall–Kier alpha value is -1.13. The molecule has 3 nitrogen and oxygen atoms in total. The van der Waals surface area contributed by atoms with Crippen molar-refractivity contribution < 1.29 is 9.13 Å². The van der Waals surface area contributed by atoms with Gasteiger partial charge in [0.1, 0.15) is 5.82 Å². The molecule has 1 rings (SSSR count). The van der Waals surface area contributed by atoms with Gasteiger partial charge in [0.25, 0.3) is 0 Å². The molecule has 0 saturated heterocycles. The summed E-state index contributed by atoms with van der Waals surface area (Å²) >= 11 is 0. The minimum absolute atomic E-state index is 0.228. The van der Waals surface area contributed by atoms with Crippen LogP contribution in [0.4, 0.5) is 10.1 Å². The summed E-state index contributed by atoms with van der Waals surface area (Å²) in [6.45, 7) is 3.16. The lowest BCUT2D eigenvalue weighted by molar-refractivity contribution is 0.177. The molecule has 0 saturated carbocycles. The lowest BCUT2D eigenvalue weighted by atomic mass is 9.98. The van der Waals surface area contributed by atoms with Crippen LogP contribution in [0.25, 0.3) is 0 Å². The number of benzene rings is 1. The molecule has 0 aliphatic heterocycles. The van der Waals surface area contributed by atoms with Crippen LogP contribution in [0, 0.1) is 5.82 Å². The summed E-state index contributed by atoms with van der Waals surface area (Å²) < 4.78 is 17.8. The maximum atomic E-state index is 12.7. The van der Waals surface area contributed by atoms with Crippen LogP contribution in [-0.2, 0) is 4.74 Å². The molecule has 1 aromatic rings. The van der Waals surface area contributed by atoms with E-state index in [1.54, 1.807) is 19.2 Å². The minimum Gasteiger partial charge on any atom is -0.385 e. The van der Waals surface area contributed by atoms with Gasteiger partial charge >= 0.3 is 0 Å². The first-order valence-corrected chi connectivity index (χ1v) is 5.32. The Morgan fingerprint density at radius 1 is 1.38 bits per heavy atom. The van der Waals surface area contributed by atoms with E-state index in [1.165, 1.54) is 12.1 Å². The van der Waals surface area contributed by atoms with Gasteiger partial charge < -0.3 is 15.8 Å². The van der Waals surface area contributed by atoms with E-state index in [-0.39, 0.29) is 11.4 Å². The summed E-state index contributed by atoms with van der Waals surface area (Å²) in [6.07, 6.45) is 0.803. The quantitative estimate of drug-likeness (QED) is 0.780. The largest absolute Gasteiger partial charge is 0.385 e. The number of anilines is 1. The summed E-state index contributed by atoms with van der Waals surface area (Å²) in [5.74, 6) is -0.239. The van der Waals surface area contributed by atoms with Crippen molar-refractivity contribution in [2.24, 2.45) is 5.73 Å². The second kappa shape index (κ2) is 5.82. The summed E-state index contributed by atoms with van der Waals surface area (Å²) in [5, 5.41) is 3.30. The Labute approximate surface area is 95.8 Å². The maximum Gasteiger partial charge on any atom is 0.123 e. The first-order chi connectivity index (χ1) is 7.59. The van der Waals surface area contributed by atoms with E-state index in [2.05, 4.69) is 5.32 Å². The van der Waals surface area contributed by atoms with Crippen LogP contribution in [0.1, 0.15) is 13.3 Å². The average Bonchev–Trinajstić information content (AvgIpc) is 2.30. The standard InChI is InChI=1S/C12H19FN2O/c1-12(9-14,7-8-16-2)15-11-5-3-10(13)4-6-11/h3-6,15H,7-9,14H2,1-2H3. The third-order valence-electron chi connectivity index (χ3n) is 2.60. The lowest BCUT2D eigenvalue weighted by Crippen LogP contribution is -2.43. The van der Waals surface area contributed by atoms with Crippen LogP contribution in [0.5, 0.6) is 0 Å². The van der Waals surface area contributed by atoms with Crippen molar-refractivity contribution in [2.45, 2.75) is 18.9 Å². The van der Waals surface area contributed by atoms with E-state index in [1.807, 2.05) is 6.92 Å². The Morgan fingerprint density at radius 3 is 2.50 bits per heavy atom. The fourth-order valence-corrected chi connectivity index (χ4v) is 1.42. The molecule has 4 heteroatoms. The third-order valence-corrected chi connectivity index (χ3v) is 2.60. The van der Waals surface area contributed by atoms with Crippen molar-refractivity contribution in [3.05, 3.63) is 30.1 Å². The molecule has 1 atom stereocenters. The lowest BCUT2D eigenvalue weighted by Gasteiger charge is -2.30. The molecule has 90 valence electrons. The van der Waals surface area contributed by atoms with Crippen LogP contribution in [0.15, 0.2) is 24.3 Å².